The second-order valence-electron chi connectivity index (χ2n) is 6.17. The van der Waals surface area contributed by atoms with Crippen LogP contribution in [-0.4, -0.2) is 29.1 Å². The van der Waals surface area contributed by atoms with Crippen LogP contribution in [0.3, 0.4) is 0 Å². The van der Waals surface area contributed by atoms with Crippen molar-refractivity contribution in [3.8, 4) is 0 Å². The highest BCUT2D eigenvalue weighted by atomic mass is 32.1. The zero-order valence-corrected chi connectivity index (χ0v) is 13.7. The highest BCUT2D eigenvalue weighted by Gasteiger charge is 2.48. The molecule has 4 heteroatoms. The monoisotopic (exact) mass is 295 g/mol. The molecule has 0 aliphatic carbocycles. The van der Waals surface area contributed by atoms with Crippen LogP contribution in [0.5, 0.6) is 0 Å². The summed E-state index contributed by atoms with van der Waals surface area (Å²) in [6, 6.07) is 4.71. The highest BCUT2D eigenvalue weighted by molar-refractivity contribution is 7.12. The molecular weight excluding hydrogens is 270 g/mol. The van der Waals surface area contributed by atoms with Crippen molar-refractivity contribution in [3.63, 3.8) is 0 Å². The van der Waals surface area contributed by atoms with Gasteiger partial charge in [0.1, 0.15) is 0 Å². The molecule has 2 atom stereocenters. The van der Waals surface area contributed by atoms with Gasteiger partial charge in [0.15, 0.2) is 0 Å². The Balaban J connectivity index is 2.13. The molecule has 1 aromatic heterocycles. The lowest BCUT2D eigenvalue weighted by Crippen LogP contribution is -2.39. The van der Waals surface area contributed by atoms with Gasteiger partial charge in [-0.3, -0.25) is 9.69 Å². The maximum absolute atomic E-state index is 11.7. The Hall–Kier alpha value is -0.870. The maximum Gasteiger partial charge on any atom is 0.311 e. The molecule has 1 fully saturated rings. The van der Waals surface area contributed by atoms with Crippen LogP contribution in [0.1, 0.15) is 49.9 Å². The molecule has 0 bridgehead atoms. The van der Waals surface area contributed by atoms with Crippen LogP contribution < -0.4 is 0 Å². The molecule has 112 valence electrons. The van der Waals surface area contributed by atoms with Crippen molar-refractivity contribution in [2.45, 2.75) is 46.6 Å². The third-order valence-electron chi connectivity index (χ3n) is 4.85. The molecule has 1 aliphatic heterocycles. The summed E-state index contributed by atoms with van der Waals surface area (Å²) >= 11 is 1.86. The Morgan fingerprint density at radius 3 is 2.60 bits per heavy atom. The van der Waals surface area contributed by atoms with E-state index in [0.29, 0.717) is 12.6 Å². The summed E-state index contributed by atoms with van der Waals surface area (Å²) in [6.45, 7) is 9.98. The van der Waals surface area contributed by atoms with E-state index >= 15 is 0 Å². The fourth-order valence-corrected chi connectivity index (χ4v) is 4.11. The number of hydrogen-bond donors (Lipinski definition) is 1. The van der Waals surface area contributed by atoms with Crippen LogP contribution in [0.25, 0.3) is 0 Å². The Morgan fingerprint density at radius 1 is 1.45 bits per heavy atom. The van der Waals surface area contributed by atoms with E-state index in [2.05, 4.69) is 30.9 Å². The molecular formula is C16H25NO2S. The lowest BCUT2D eigenvalue weighted by Gasteiger charge is -2.30. The number of carboxylic acids is 1. The van der Waals surface area contributed by atoms with E-state index < -0.39 is 11.4 Å². The molecule has 2 heterocycles. The summed E-state index contributed by atoms with van der Waals surface area (Å²) in [7, 11) is 0. The predicted molar refractivity (Wildman–Crippen MR) is 83.2 cm³/mol. The van der Waals surface area contributed by atoms with Crippen LogP contribution in [0.2, 0.25) is 0 Å². The summed E-state index contributed by atoms with van der Waals surface area (Å²) in [4.78, 5) is 16.8. The number of hydrogen-bond acceptors (Lipinski definition) is 3. The zero-order chi connectivity index (χ0) is 14.9. The van der Waals surface area contributed by atoms with Crippen molar-refractivity contribution in [1.29, 1.82) is 0 Å². The molecule has 1 aliphatic rings. The molecule has 2 rings (SSSR count). The molecule has 0 saturated carbocycles. The van der Waals surface area contributed by atoms with Gasteiger partial charge in [0.05, 0.1) is 5.41 Å². The predicted octanol–water partition coefficient (Wildman–Crippen LogP) is 3.80. The van der Waals surface area contributed by atoms with Gasteiger partial charge >= 0.3 is 5.97 Å². The van der Waals surface area contributed by atoms with Crippen molar-refractivity contribution >= 4 is 17.3 Å². The third-order valence-corrected chi connectivity index (χ3v) is 6.25. The maximum atomic E-state index is 11.7. The Kier molecular flexibility index (Phi) is 4.55. The zero-order valence-electron chi connectivity index (χ0n) is 12.8. The van der Waals surface area contributed by atoms with Gasteiger partial charge in [-0.15, -0.1) is 11.3 Å². The van der Waals surface area contributed by atoms with Crippen LogP contribution in [-0.2, 0) is 11.2 Å². The molecule has 0 amide bonds. The van der Waals surface area contributed by atoms with E-state index in [1.807, 2.05) is 25.2 Å². The molecule has 0 radical (unpaired) electrons. The van der Waals surface area contributed by atoms with Crippen molar-refractivity contribution < 1.29 is 9.90 Å². The van der Waals surface area contributed by atoms with Crippen LogP contribution in [0, 0.1) is 11.3 Å². The first kappa shape index (κ1) is 15.5. The smallest absolute Gasteiger partial charge is 0.311 e. The first-order valence-corrected chi connectivity index (χ1v) is 8.28. The molecule has 0 spiro atoms. The summed E-state index contributed by atoms with van der Waals surface area (Å²) in [6.07, 6.45) is 1.83. The second kappa shape index (κ2) is 5.86. The highest BCUT2D eigenvalue weighted by Crippen LogP contribution is 2.42. The number of aliphatic carboxylic acids is 1. The third kappa shape index (κ3) is 2.63. The fraction of sp³-hybridized carbons (Fsp3) is 0.688. The van der Waals surface area contributed by atoms with Crippen molar-refractivity contribution in [3.05, 3.63) is 21.9 Å². The minimum absolute atomic E-state index is 0.173. The molecule has 20 heavy (non-hydrogen) atoms. The van der Waals surface area contributed by atoms with Gasteiger partial charge in [0, 0.05) is 22.3 Å². The number of thiophene rings is 1. The number of carboxylic acid groups (broad SMARTS) is 1. The summed E-state index contributed by atoms with van der Waals surface area (Å²) in [5.74, 6) is -0.464. The van der Waals surface area contributed by atoms with E-state index in [4.69, 9.17) is 0 Å². The lowest BCUT2D eigenvalue weighted by molar-refractivity contribution is -0.151. The molecule has 2 unspecified atom stereocenters. The van der Waals surface area contributed by atoms with E-state index in [1.54, 1.807) is 0 Å². The fourth-order valence-electron chi connectivity index (χ4n) is 3.08. The van der Waals surface area contributed by atoms with E-state index in [-0.39, 0.29) is 5.92 Å². The van der Waals surface area contributed by atoms with Crippen LogP contribution in [0.15, 0.2) is 12.1 Å². The lowest BCUT2D eigenvalue weighted by atomic mass is 9.76. The van der Waals surface area contributed by atoms with Gasteiger partial charge in [-0.05, 0) is 44.4 Å². The first-order valence-electron chi connectivity index (χ1n) is 7.46. The van der Waals surface area contributed by atoms with Crippen LogP contribution >= 0.6 is 11.3 Å². The van der Waals surface area contributed by atoms with Gasteiger partial charge in [0.2, 0.25) is 0 Å². The van der Waals surface area contributed by atoms with Gasteiger partial charge in [0.25, 0.3) is 0 Å². The number of nitrogens with zero attached hydrogens (tertiary/aromatic N) is 1. The molecule has 3 nitrogen and oxygen atoms in total. The van der Waals surface area contributed by atoms with Crippen molar-refractivity contribution in [1.82, 2.24) is 4.90 Å². The Morgan fingerprint density at radius 2 is 2.15 bits per heavy atom. The van der Waals surface area contributed by atoms with Gasteiger partial charge in [-0.25, -0.2) is 0 Å². The summed E-state index contributed by atoms with van der Waals surface area (Å²) in [5, 5.41) is 9.62. The SMILES string of the molecule is CCc1ccc(C(C)N2CCC(C(=O)O)(C(C)C)C2)s1. The second-order valence-corrected chi connectivity index (χ2v) is 7.37. The number of carbonyl (C=O) groups is 1. The summed E-state index contributed by atoms with van der Waals surface area (Å²) in [5.41, 5.74) is -0.570. The van der Waals surface area contributed by atoms with E-state index in [0.717, 1.165) is 19.4 Å². The molecule has 1 aromatic rings. The number of likely N-dealkylation sites (tertiary alicyclic amines) is 1. The van der Waals surface area contributed by atoms with Crippen molar-refractivity contribution in [2.24, 2.45) is 11.3 Å². The number of aryl methyl sites for hydroxylation is 1. The molecule has 1 N–H and O–H groups in total. The molecule has 0 aromatic carbocycles. The first-order chi connectivity index (χ1) is 9.40. The van der Waals surface area contributed by atoms with E-state index in [9.17, 15) is 9.90 Å². The van der Waals surface area contributed by atoms with Crippen molar-refractivity contribution in [2.75, 3.05) is 13.1 Å². The van der Waals surface area contributed by atoms with Crippen LogP contribution in [0.4, 0.5) is 0 Å². The normalized spacial score (nSPS) is 25.2. The Labute approximate surface area is 125 Å². The van der Waals surface area contributed by atoms with E-state index in [1.165, 1.54) is 9.75 Å². The number of rotatable bonds is 5. The summed E-state index contributed by atoms with van der Waals surface area (Å²) < 4.78 is 0. The molecule has 1 saturated heterocycles. The van der Waals surface area contributed by atoms with Gasteiger partial charge in [-0.2, -0.15) is 0 Å². The quantitative estimate of drug-likeness (QED) is 0.898. The minimum atomic E-state index is -0.636. The topological polar surface area (TPSA) is 40.5 Å². The minimum Gasteiger partial charge on any atom is -0.481 e. The van der Waals surface area contributed by atoms with Gasteiger partial charge in [-0.1, -0.05) is 20.8 Å². The standard InChI is InChI=1S/C16H25NO2S/c1-5-13-6-7-14(20-13)12(4)17-9-8-16(10-17,11(2)3)15(18)19/h6-7,11-12H,5,8-10H2,1-4H3,(H,18,19). The average molecular weight is 295 g/mol. The Bertz CT molecular complexity index is 483. The van der Waals surface area contributed by atoms with Gasteiger partial charge < -0.3 is 5.11 Å². The largest absolute Gasteiger partial charge is 0.481 e. The average Bonchev–Trinajstić information content (AvgIpc) is 3.05.